The fraction of sp³-hybridized carbons (Fsp3) is 0.167. The number of aromatic nitrogens is 2. The first-order valence-electron chi connectivity index (χ1n) is 5.95. The molecule has 21 heavy (non-hydrogen) atoms. The van der Waals surface area contributed by atoms with Crippen molar-refractivity contribution in [2.75, 3.05) is 6.61 Å². The second-order valence-electron chi connectivity index (χ2n) is 4.09. The molecule has 1 heterocycles. The Labute approximate surface area is 122 Å². The minimum absolute atomic E-state index is 0.0705. The van der Waals surface area contributed by atoms with Crippen LogP contribution in [0, 0.1) is 0 Å². The predicted molar refractivity (Wildman–Crippen MR) is 71.7 cm³/mol. The van der Waals surface area contributed by atoms with Gasteiger partial charge >= 0.3 is 122 Å². The Bertz CT molecular complexity index is 703. The summed E-state index contributed by atoms with van der Waals surface area (Å²) in [5.41, 5.74) is 0.216. The van der Waals surface area contributed by atoms with Crippen molar-refractivity contribution >= 4 is 24.5 Å². The first kappa shape index (κ1) is 15.4. The van der Waals surface area contributed by atoms with Gasteiger partial charge in [0.2, 0.25) is 0 Å². The van der Waals surface area contributed by atoms with E-state index in [-0.39, 0.29) is 22.4 Å². The van der Waals surface area contributed by atoms with Crippen LogP contribution < -0.4 is 4.35 Å². The maximum atomic E-state index is 11.5. The summed E-state index contributed by atoms with van der Waals surface area (Å²) in [5.74, 6) is -1.08. The van der Waals surface area contributed by atoms with Crippen LogP contribution in [0.15, 0.2) is 30.5 Å². The van der Waals surface area contributed by atoms with Gasteiger partial charge in [0.05, 0.1) is 0 Å². The average Bonchev–Trinajstić information content (AvgIpc) is 2.80. The number of esters is 1. The number of rotatable bonds is 4. The second kappa shape index (κ2) is 5.77. The molecule has 0 aliphatic rings. The van der Waals surface area contributed by atoms with Gasteiger partial charge in [0.15, 0.2) is 0 Å². The molecule has 0 saturated carbocycles. The van der Waals surface area contributed by atoms with Gasteiger partial charge in [0, 0.05) is 0 Å². The average molecular weight is 356 g/mol. The molecule has 0 saturated heterocycles. The number of carbonyl (C=O) groups is 1. The van der Waals surface area contributed by atoms with Crippen LogP contribution in [0.1, 0.15) is 17.4 Å². The third-order valence-electron chi connectivity index (χ3n) is 2.61. The molecule has 0 spiro atoms. The first-order valence-corrected chi connectivity index (χ1v) is 9.33. The molecule has 2 rings (SSSR count). The predicted octanol–water partition coefficient (Wildman–Crippen LogP) is -0.684. The molecule has 8 nitrogen and oxygen atoms in total. The topological polar surface area (TPSA) is 122 Å². The molecular weight excluding hydrogens is 343 g/mol. The van der Waals surface area contributed by atoms with Crippen LogP contribution in [-0.4, -0.2) is 49.8 Å². The van der Waals surface area contributed by atoms with E-state index < -0.39 is 20.1 Å². The third kappa shape index (κ3) is 3.36. The van der Waals surface area contributed by atoms with Gasteiger partial charge in [-0.2, -0.15) is 0 Å². The number of aromatic hydroxyl groups is 1. The normalized spacial score (nSPS) is 11.4. The zero-order valence-corrected chi connectivity index (χ0v) is 12.9. The van der Waals surface area contributed by atoms with Gasteiger partial charge < -0.3 is 0 Å². The van der Waals surface area contributed by atoms with E-state index in [0.29, 0.717) is 5.69 Å². The molecule has 0 bridgehead atoms. The molecule has 2 aromatic rings. The Balaban J connectivity index is 2.33. The molecule has 0 amide bonds. The van der Waals surface area contributed by atoms with Crippen molar-refractivity contribution in [3.8, 4) is 11.4 Å². The summed E-state index contributed by atoms with van der Waals surface area (Å²) in [6.45, 7) is 1.79. The first-order chi connectivity index (χ1) is 9.82. The standard InChI is InChI=1S/C12H13AsN2O6/c1-2-21-12(17)11-10(16)7-15(14-11)9-5-3-8(4-6-9)13(18,19)20/h3-7,16H,2H2,1H3,(H2,18,19,20). The minimum atomic E-state index is -4.93. The summed E-state index contributed by atoms with van der Waals surface area (Å²) < 4.78 is 35.2. The summed E-state index contributed by atoms with van der Waals surface area (Å²) in [6.07, 6.45) is 1.21. The molecule has 1 aromatic carbocycles. The van der Waals surface area contributed by atoms with E-state index in [1.54, 1.807) is 6.92 Å². The number of nitrogens with zero attached hydrogens (tertiary/aromatic N) is 2. The second-order valence-corrected chi connectivity index (χ2v) is 7.45. The monoisotopic (exact) mass is 356 g/mol. The third-order valence-corrected chi connectivity index (χ3v) is 4.65. The van der Waals surface area contributed by atoms with Gasteiger partial charge in [0.1, 0.15) is 0 Å². The van der Waals surface area contributed by atoms with Crippen LogP contribution >= 0.6 is 0 Å². The molecule has 0 aliphatic heterocycles. The number of ether oxygens (including phenoxy) is 1. The molecule has 0 unspecified atom stereocenters. The Morgan fingerprint density at radius 3 is 2.48 bits per heavy atom. The van der Waals surface area contributed by atoms with Crippen molar-refractivity contribution < 1.29 is 26.6 Å². The van der Waals surface area contributed by atoms with Crippen molar-refractivity contribution in [3.05, 3.63) is 36.2 Å². The van der Waals surface area contributed by atoms with Crippen LogP contribution in [0.25, 0.3) is 5.69 Å². The molecule has 9 heteroatoms. The zero-order valence-electron chi connectivity index (χ0n) is 11.0. The molecule has 0 radical (unpaired) electrons. The van der Waals surface area contributed by atoms with Gasteiger partial charge in [0.25, 0.3) is 0 Å². The zero-order chi connectivity index (χ0) is 15.6. The van der Waals surface area contributed by atoms with Gasteiger partial charge in [-0.15, -0.1) is 0 Å². The number of hydrogen-bond acceptors (Lipinski definition) is 5. The Kier molecular flexibility index (Phi) is 4.22. The van der Waals surface area contributed by atoms with Crippen molar-refractivity contribution in [1.29, 1.82) is 0 Å². The van der Waals surface area contributed by atoms with Gasteiger partial charge in [-0.1, -0.05) is 0 Å². The van der Waals surface area contributed by atoms with E-state index in [4.69, 9.17) is 12.9 Å². The van der Waals surface area contributed by atoms with Gasteiger partial charge in [-0.25, -0.2) is 0 Å². The van der Waals surface area contributed by atoms with Crippen LogP contribution in [0.3, 0.4) is 0 Å². The molecule has 0 aliphatic carbocycles. The summed E-state index contributed by atoms with van der Waals surface area (Å²) in [6, 6.07) is 5.41. The van der Waals surface area contributed by atoms with E-state index >= 15 is 0 Å². The number of carbonyl (C=O) groups excluding carboxylic acids is 1. The SMILES string of the molecule is CCOC(=O)c1nn(-c2ccc([As](=O)(O)O)cc2)cc1O. The number of benzene rings is 1. The van der Waals surface area contributed by atoms with Gasteiger partial charge in [-0.3, -0.25) is 0 Å². The van der Waals surface area contributed by atoms with E-state index in [1.807, 2.05) is 0 Å². The molecule has 0 atom stereocenters. The van der Waals surface area contributed by atoms with Crippen molar-refractivity contribution in [1.82, 2.24) is 9.78 Å². The van der Waals surface area contributed by atoms with E-state index in [0.717, 1.165) is 0 Å². The summed E-state index contributed by atoms with van der Waals surface area (Å²) in [5, 5.41) is 13.6. The Hall–Kier alpha value is -2.02. The van der Waals surface area contributed by atoms with E-state index in [2.05, 4.69) is 5.10 Å². The Morgan fingerprint density at radius 1 is 1.33 bits per heavy atom. The molecule has 0 fully saturated rings. The summed E-state index contributed by atoms with van der Waals surface area (Å²) in [4.78, 5) is 11.5. The van der Waals surface area contributed by atoms with Crippen LogP contribution in [0.2, 0.25) is 0 Å². The molecular formula is C12H13AsN2O6. The van der Waals surface area contributed by atoms with Crippen molar-refractivity contribution in [2.24, 2.45) is 0 Å². The quantitative estimate of drug-likeness (QED) is 0.490. The van der Waals surface area contributed by atoms with Crippen molar-refractivity contribution in [3.63, 3.8) is 0 Å². The molecule has 112 valence electrons. The fourth-order valence-corrected chi connectivity index (χ4v) is 2.77. The summed E-state index contributed by atoms with van der Waals surface area (Å²) in [7, 11) is 0. The van der Waals surface area contributed by atoms with Crippen molar-refractivity contribution in [2.45, 2.75) is 6.92 Å². The van der Waals surface area contributed by atoms with Crippen LogP contribution in [0.5, 0.6) is 5.75 Å². The van der Waals surface area contributed by atoms with E-state index in [9.17, 15) is 13.6 Å². The van der Waals surface area contributed by atoms with E-state index in [1.165, 1.54) is 35.1 Å². The molecule has 3 N–H and O–H groups in total. The number of hydrogen-bond donors (Lipinski definition) is 3. The van der Waals surface area contributed by atoms with Crippen LogP contribution in [-0.2, 0) is 8.48 Å². The summed E-state index contributed by atoms with van der Waals surface area (Å²) >= 11 is -4.93. The molecule has 1 aromatic heterocycles. The maximum absolute atomic E-state index is 11.5. The van der Waals surface area contributed by atoms with Crippen LogP contribution in [0.4, 0.5) is 0 Å². The Morgan fingerprint density at radius 2 is 1.95 bits per heavy atom. The fourth-order valence-electron chi connectivity index (χ4n) is 1.64. The van der Waals surface area contributed by atoms with Gasteiger partial charge in [-0.05, 0) is 0 Å².